The number of urea groups is 1. The van der Waals surface area contributed by atoms with Crippen LogP contribution in [0.3, 0.4) is 0 Å². The minimum atomic E-state index is -1.22. The second kappa shape index (κ2) is 26.8. The molecule has 7 amide bonds. The van der Waals surface area contributed by atoms with Gasteiger partial charge < -0.3 is 65.7 Å². The van der Waals surface area contributed by atoms with Gasteiger partial charge >= 0.3 is 23.8 Å². The highest BCUT2D eigenvalue weighted by molar-refractivity contribution is 5.98. The largest absolute Gasteiger partial charge is 0.476 e. The monoisotopic (exact) mass is 945 g/mol. The lowest BCUT2D eigenvalue weighted by atomic mass is 10.0. The summed E-state index contributed by atoms with van der Waals surface area (Å²) in [5.41, 5.74) is 6.51. The molecule has 68 heavy (non-hydrogen) atoms. The van der Waals surface area contributed by atoms with Gasteiger partial charge in [0.15, 0.2) is 0 Å². The van der Waals surface area contributed by atoms with Crippen molar-refractivity contribution in [3.05, 3.63) is 106 Å². The summed E-state index contributed by atoms with van der Waals surface area (Å²) in [7, 11) is 0. The van der Waals surface area contributed by atoms with E-state index in [0.717, 1.165) is 5.56 Å². The zero-order valence-electron chi connectivity index (χ0n) is 39.3. The molecule has 4 rings (SSSR count). The first kappa shape index (κ1) is 53.4. The van der Waals surface area contributed by atoms with Gasteiger partial charge in [-0.05, 0) is 81.8 Å². The first-order valence-corrected chi connectivity index (χ1v) is 22.2. The Hall–Kier alpha value is -7.19. The Kier molecular flexibility index (Phi) is 21.1. The van der Waals surface area contributed by atoms with E-state index in [2.05, 4.69) is 31.9 Å². The van der Waals surface area contributed by atoms with Gasteiger partial charge in [0.2, 0.25) is 17.9 Å². The Bertz CT molecular complexity index is 2350. The van der Waals surface area contributed by atoms with Gasteiger partial charge in [0.05, 0.1) is 26.4 Å². The molecule has 20 heteroatoms. The van der Waals surface area contributed by atoms with Gasteiger partial charge in [0.25, 0.3) is 5.91 Å². The molecule has 0 radical (unpaired) electrons. The van der Waals surface area contributed by atoms with Crippen molar-refractivity contribution < 1.29 is 56.9 Å². The number of anilines is 1. The van der Waals surface area contributed by atoms with E-state index in [0.29, 0.717) is 22.2 Å². The van der Waals surface area contributed by atoms with Gasteiger partial charge in [-0.1, -0.05) is 56.3 Å². The third-order valence-electron chi connectivity index (χ3n) is 9.77. The number of rotatable bonds is 25. The fourth-order valence-corrected chi connectivity index (χ4v) is 6.43. The number of nitrogens with one attached hydrogen (secondary N) is 6. The van der Waals surface area contributed by atoms with Crippen LogP contribution in [0.25, 0.3) is 11.0 Å². The number of nitrogens with two attached hydrogens (primary N) is 1. The average molecular weight is 946 g/mol. The zero-order valence-corrected chi connectivity index (χ0v) is 39.3. The molecular formula is C48H63N7O13. The van der Waals surface area contributed by atoms with Gasteiger partial charge in [0.1, 0.15) is 35.6 Å². The minimum Gasteiger partial charge on any atom is -0.476 e. The third-order valence-corrected chi connectivity index (χ3v) is 9.77. The van der Waals surface area contributed by atoms with E-state index >= 15 is 0 Å². The van der Waals surface area contributed by atoms with Crippen LogP contribution in [0, 0.1) is 12.8 Å². The molecule has 1 heterocycles. The van der Waals surface area contributed by atoms with E-state index in [-0.39, 0.29) is 76.8 Å². The van der Waals surface area contributed by atoms with Crippen LogP contribution in [0.15, 0.2) is 88.1 Å². The highest BCUT2D eigenvalue weighted by atomic mass is 16.6. The van der Waals surface area contributed by atoms with Gasteiger partial charge in [-0.2, -0.15) is 0 Å². The van der Waals surface area contributed by atoms with Crippen LogP contribution in [-0.4, -0.2) is 99.7 Å². The van der Waals surface area contributed by atoms with E-state index in [1.165, 1.54) is 12.1 Å². The Morgan fingerprint density at radius 2 is 1.41 bits per heavy atom. The maximum atomic E-state index is 13.8. The van der Waals surface area contributed by atoms with Gasteiger partial charge in [-0.25, -0.2) is 19.2 Å². The number of amides is 7. The molecule has 0 fully saturated rings. The summed E-state index contributed by atoms with van der Waals surface area (Å²) in [6.45, 7) is 11.9. The SMILES string of the molecule is Cc1cc(=O)oc2cc(OC(C(=O)NCCOCCOCCNC(=O)OC(C)(C)C)c3ccc(NC(=O)C(CCCNC(N)=O)NC(=O)C(NC(=O)OCc4ccccc4)C(C)C)cc3)ccc12. The predicted octanol–water partition coefficient (Wildman–Crippen LogP) is 4.72. The average Bonchev–Trinajstić information content (AvgIpc) is 3.27. The molecule has 0 bridgehead atoms. The maximum absolute atomic E-state index is 13.8. The molecule has 368 valence electrons. The summed E-state index contributed by atoms with van der Waals surface area (Å²) >= 11 is 0. The number of carbonyl (C=O) groups is 6. The van der Waals surface area contributed by atoms with Crippen LogP contribution in [-0.2, 0) is 39.9 Å². The van der Waals surface area contributed by atoms with Crippen LogP contribution in [0.4, 0.5) is 20.1 Å². The molecule has 0 aliphatic heterocycles. The topological polar surface area (TPSA) is 277 Å². The second-order valence-corrected chi connectivity index (χ2v) is 16.9. The van der Waals surface area contributed by atoms with E-state index in [1.807, 2.05) is 6.07 Å². The van der Waals surface area contributed by atoms with Crippen molar-refractivity contribution in [1.82, 2.24) is 26.6 Å². The molecule has 4 aromatic rings. The number of primary amides is 1. The zero-order chi connectivity index (χ0) is 49.6. The number of alkyl carbamates (subject to hydrolysis) is 2. The molecule has 0 saturated heterocycles. The smallest absolute Gasteiger partial charge is 0.408 e. The molecule has 8 N–H and O–H groups in total. The fourth-order valence-electron chi connectivity index (χ4n) is 6.43. The molecule has 20 nitrogen and oxygen atoms in total. The lowest BCUT2D eigenvalue weighted by Gasteiger charge is -2.25. The number of aryl methyl sites for hydroxylation is 1. The molecule has 3 unspecified atom stereocenters. The minimum absolute atomic E-state index is 0.0115. The van der Waals surface area contributed by atoms with Crippen LogP contribution in [0.5, 0.6) is 5.75 Å². The van der Waals surface area contributed by atoms with Gasteiger partial charge in [-0.3, -0.25) is 14.4 Å². The summed E-state index contributed by atoms with van der Waals surface area (Å²) in [6, 6.07) is 18.7. The number of benzene rings is 3. The van der Waals surface area contributed by atoms with Crippen molar-refractivity contribution >= 4 is 52.6 Å². The third kappa shape index (κ3) is 19.0. The summed E-state index contributed by atoms with van der Waals surface area (Å²) in [6.07, 6.45) is -2.23. The highest BCUT2D eigenvalue weighted by Crippen LogP contribution is 2.28. The predicted molar refractivity (Wildman–Crippen MR) is 252 cm³/mol. The first-order valence-electron chi connectivity index (χ1n) is 22.2. The van der Waals surface area contributed by atoms with E-state index < -0.39 is 71.3 Å². The molecule has 1 aromatic heterocycles. The molecule has 0 spiro atoms. The van der Waals surface area contributed by atoms with Crippen molar-refractivity contribution in [2.75, 3.05) is 51.4 Å². The van der Waals surface area contributed by atoms with E-state index in [9.17, 15) is 33.6 Å². The summed E-state index contributed by atoms with van der Waals surface area (Å²) < 4.78 is 33.2. The quantitative estimate of drug-likeness (QED) is 0.0351. The normalized spacial score (nSPS) is 12.5. The van der Waals surface area contributed by atoms with Crippen LogP contribution in [0.2, 0.25) is 0 Å². The van der Waals surface area contributed by atoms with Crippen molar-refractivity contribution in [2.45, 2.75) is 84.8 Å². The highest BCUT2D eigenvalue weighted by Gasteiger charge is 2.30. The Morgan fingerprint density at radius 3 is 2.06 bits per heavy atom. The number of hydrogen-bond donors (Lipinski definition) is 7. The molecule has 3 aromatic carbocycles. The first-order chi connectivity index (χ1) is 32.4. The fraction of sp³-hybridized carbons (Fsp3) is 0.438. The van der Waals surface area contributed by atoms with E-state index in [1.54, 1.807) is 102 Å². The number of hydrogen-bond acceptors (Lipinski definition) is 13. The molecule has 0 aliphatic rings. The molecule has 3 atom stereocenters. The van der Waals surface area contributed by atoms with Crippen LogP contribution >= 0.6 is 0 Å². The van der Waals surface area contributed by atoms with Gasteiger partial charge in [-0.15, -0.1) is 0 Å². The summed E-state index contributed by atoms with van der Waals surface area (Å²) in [5.74, 6) is -1.91. The second-order valence-electron chi connectivity index (χ2n) is 16.9. The molecule has 0 saturated carbocycles. The summed E-state index contributed by atoms with van der Waals surface area (Å²) in [5, 5.41) is 16.7. The van der Waals surface area contributed by atoms with Gasteiger partial charge in [0, 0.05) is 48.4 Å². The van der Waals surface area contributed by atoms with Crippen LogP contribution in [0.1, 0.15) is 70.3 Å². The number of ether oxygens (including phenoxy) is 5. The molecule has 0 aliphatic carbocycles. The van der Waals surface area contributed by atoms with E-state index in [4.69, 9.17) is 33.8 Å². The lowest BCUT2D eigenvalue weighted by molar-refractivity contribution is -0.128. The van der Waals surface area contributed by atoms with Crippen molar-refractivity contribution in [2.24, 2.45) is 11.7 Å². The van der Waals surface area contributed by atoms with Crippen molar-refractivity contribution in [3.8, 4) is 5.75 Å². The molecular weight excluding hydrogens is 883 g/mol. The number of fused-ring (bicyclic) bond motifs is 1. The summed E-state index contributed by atoms with van der Waals surface area (Å²) in [4.78, 5) is 89.1. The lowest BCUT2D eigenvalue weighted by Crippen LogP contribution is -2.54. The standard InChI is InChI=1S/C48H63N7O13/c1-30(2)40(55-47(62)65-29-32-11-8-7-9-12-32)43(58)54-37(13-10-20-51-45(49)60)42(57)53-34-16-14-33(15-17-34)41(66-35-18-19-36-31(3)27-39(56)67-38(36)28-35)44(59)50-21-23-63-25-26-64-24-22-52-46(61)68-48(4,5)6/h7-9,11-12,14-19,27-28,30,37,40-41H,10,13,20-26,29H2,1-6H3,(H,50,59)(H,52,61)(H,53,57)(H,54,58)(H,55,62)(H3,49,51,60). The maximum Gasteiger partial charge on any atom is 0.408 e. The van der Waals surface area contributed by atoms with Crippen LogP contribution < -0.4 is 48.0 Å². The van der Waals surface area contributed by atoms with Crippen molar-refractivity contribution in [1.29, 1.82) is 0 Å². The number of carbonyl (C=O) groups excluding carboxylic acids is 6. The Balaban J connectivity index is 1.41. The Morgan fingerprint density at radius 1 is 0.735 bits per heavy atom. The van der Waals surface area contributed by atoms with Crippen molar-refractivity contribution in [3.63, 3.8) is 0 Å². The Labute approximate surface area is 394 Å².